The fourth-order valence-corrected chi connectivity index (χ4v) is 0.901. The topological polar surface area (TPSA) is 38.1 Å². The molecular formula is C8H4ClN3S. The third kappa shape index (κ3) is 2.92. The number of aryl methyl sites for hydroxylation is 1. The van der Waals surface area contributed by atoms with E-state index in [4.69, 9.17) is 11.6 Å². The minimum absolute atomic E-state index is 0.319. The van der Waals surface area contributed by atoms with Crippen LogP contribution in [0.25, 0.3) is 0 Å². The Kier molecular flexibility index (Phi) is 3.53. The quantitative estimate of drug-likeness (QED) is 0.283. The molecule has 5 heteroatoms. The highest BCUT2D eigenvalue weighted by molar-refractivity contribution is 7.78. The van der Waals surface area contributed by atoms with Gasteiger partial charge in [-0.15, -0.1) is 4.99 Å². The van der Waals surface area contributed by atoms with Crippen molar-refractivity contribution in [3.63, 3.8) is 0 Å². The number of aromatic nitrogens is 2. The van der Waals surface area contributed by atoms with Crippen molar-refractivity contribution in [3.05, 3.63) is 22.7 Å². The molecule has 13 heavy (non-hydrogen) atoms. The molecular weight excluding hydrogens is 206 g/mol. The van der Waals surface area contributed by atoms with E-state index >= 15 is 0 Å². The van der Waals surface area contributed by atoms with Crippen molar-refractivity contribution in [3.8, 4) is 12.0 Å². The second-order valence-electron chi connectivity index (χ2n) is 2.06. The summed E-state index contributed by atoms with van der Waals surface area (Å²) < 4.78 is 0. The highest BCUT2D eigenvalue weighted by Crippen LogP contribution is 2.09. The Labute approximate surface area is 85.9 Å². The van der Waals surface area contributed by atoms with Gasteiger partial charge in [-0.3, -0.25) is 0 Å². The van der Waals surface area contributed by atoms with E-state index in [1.807, 2.05) is 0 Å². The van der Waals surface area contributed by atoms with Gasteiger partial charge in [0.05, 0.1) is 16.8 Å². The maximum Gasteiger partial charge on any atom is 0.148 e. The highest BCUT2D eigenvalue weighted by atomic mass is 35.5. The Hall–Kier alpha value is -1.27. The Bertz CT molecular complexity index is 427. The lowest BCUT2D eigenvalue weighted by Gasteiger charge is -1.93. The summed E-state index contributed by atoms with van der Waals surface area (Å²) in [5.74, 6) is 3.24. The van der Waals surface area contributed by atoms with Gasteiger partial charge in [-0.2, -0.15) is 0 Å². The predicted octanol–water partition coefficient (Wildman–Crippen LogP) is 1.85. The van der Waals surface area contributed by atoms with Gasteiger partial charge in [0, 0.05) is 6.20 Å². The molecule has 1 rings (SSSR count). The molecule has 0 saturated heterocycles. The van der Waals surface area contributed by atoms with Gasteiger partial charge in [-0.25, -0.2) is 9.97 Å². The van der Waals surface area contributed by atoms with E-state index in [0.29, 0.717) is 16.5 Å². The van der Waals surface area contributed by atoms with Gasteiger partial charge < -0.3 is 0 Å². The van der Waals surface area contributed by atoms with Crippen LogP contribution in [0, 0.1) is 18.9 Å². The number of thiocarbonyl (C=S) groups is 1. The van der Waals surface area contributed by atoms with Crippen molar-refractivity contribution in [2.45, 2.75) is 6.92 Å². The largest absolute Gasteiger partial charge is 0.240 e. The molecule has 0 aliphatic carbocycles. The minimum Gasteiger partial charge on any atom is -0.240 e. The van der Waals surface area contributed by atoms with E-state index in [0.717, 1.165) is 0 Å². The van der Waals surface area contributed by atoms with E-state index in [9.17, 15) is 0 Å². The summed E-state index contributed by atoms with van der Waals surface area (Å²) >= 11 is 10.1. The Morgan fingerprint density at radius 1 is 1.62 bits per heavy atom. The fraction of sp³-hybridized carbons (Fsp3) is 0.125. The lowest BCUT2D eigenvalue weighted by molar-refractivity contribution is 1.05. The van der Waals surface area contributed by atoms with Crippen LogP contribution in [0.2, 0.25) is 5.15 Å². The van der Waals surface area contributed by atoms with Crippen molar-refractivity contribution in [2.24, 2.45) is 4.99 Å². The molecule has 0 bridgehead atoms. The molecule has 0 atom stereocenters. The van der Waals surface area contributed by atoms with Crippen molar-refractivity contribution in [1.29, 1.82) is 0 Å². The van der Waals surface area contributed by atoms with Gasteiger partial charge in [0.1, 0.15) is 11.0 Å². The van der Waals surface area contributed by atoms with E-state index in [-0.39, 0.29) is 0 Å². The molecule has 1 aromatic rings. The molecule has 0 aliphatic heterocycles. The second kappa shape index (κ2) is 4.68. The number of halogens is 1. The number of hydrogen-bond donors (Lipinski definition) is 0. The van der Waals surface area contributed by atoms with Gasteiger partial charge >= 0.3 is 0 Å². The molecule has 0 aliphatic rings. The van der Waals surface area contributed by atoms with Gasteiger partial charge in [0.25, 0.3) is 0 Å². The monoisotopic (exact) mass is 209 g/mol. The smallest absolute Gasteiger partial charge is 0.148 e. The lowest BCUT2D eigenvalue weighted by atomic mass is 10.3. The van der Waals surface area contributed by atoms with Crippen molar-refractivity contribution in [2.75, 3.05) is 0 Å². The summed E-state index contributed by atoms with van der Waals surface area (Å²) in [6.07, 6.45) is 1.54. The zero-order valence-corrected chi connectivity index (χ0v) is 8.28. The predicted molar refractivity (Wildman–Crippen MR) is 53.7 cm³/mol. The van der Waals surface area contributed by atoms with Crippen LogP contribution >= 0.6 is 23.8 Å². The number of hydrogen-bond acceptors (Lipinski definition) is 4. The first-order valence-corrected chi connectivity index (χ1v) is 4.09. The van der Waals surface area contributed by atoms with Gasteiger partial charge in [0.2, 0.25) is 0 Å². The van der Waals surface area contributed by atoms with E-state index in [2.05, 4.69) is 44.3 Å². The third-order valence-corrected chi connectivity index (χ3v) is 1.53. The lowest BCUT2D eigenvalue weighted by Crippen LogP contribution is -1.89. The Morgan fingerprint density at radius 3 is 3.00 bits per heavy atom. The van der Waals surface area contributed by atoms with Crippen LogP contribution in [0.15, 0.2) is 11.2 Å². The summed E-state index contributed by atoms with van der Waals surface area (Å²) in [7, 11) is 0. The molecule has 0 unspecified atom stereocenters. The average molecular weight is 210 g/mol. The van der Waals surface area contributed by atoms with Crippen LogP contribution in [-0.2, 0) is 0 Å². The normalized spacial score (nSPS) is 8.15. The average Bonchev–Trinajstić information content (AvgIpc) is 2.09. The molecule has 0 amide bonds. The van der Waals surface area contributed by atoms with Crippen molar-refractivity contribution < 1.29 is 0 Å². The Morgan fingerprint density at radius 2 is 2.38 bits per heavy atom. The standard InChI is InChI=1S/C8H4ClN3S/c1-6-11-4-7(8(9)12-6)2-3-10-5-13/h4H,1H3. The van der Waals surface area contributed by atoms with Crippen LogP contribution in [-0.4, -0.2) is 15.1 Å². The third-order valence-electron chi connectivity index (χ3n) is 1.15. The van der Waals surface area contributed by atoms with Crippen LogP contribution in [0.4, 0.5) is 0 Å². The van der Waals surface area contributed by atoms with Gasteiger partial charge in [0.15, 0.2) is 0 Å². The zero-order valence-electron chi connectivity index (χ0n) is 6.71. The molecule has 0 N–H and O–H groups in total. The zero-order chi connectivity index (χ0) is 9.68. The molecule has 0 saturated carbocycles. The molecule has 1 aromatic heterocycles. The highest BCUT2D eigenvalue weighted by Gasteiger charge is 1.98. The SMILES string of the molecule is Cc1ncc(C#CN=C=S)c(Cl)n1. The molecule has 3 nitrogen and oxygen atoms in total. The number of isothiocyanates is 1. The molecule has 0 spiro atoms. The first-order valence-electron chi connectivity index (χ1n) is 3.31. The number of aliphatic imine (C=N–C) groups is 1. The van der Waals surface area contributed by atoms with E-state index < -0.39 is 0 Å². The maximum atomic E-state index is 5.77. The molecule has 0 fully saturated rings. The van der Waals surface area contributed by atoms with Crippen LogP contribution in [0.1, 0.15) is 11.4 Å². The number of nitrogens with zero attached hydrogens (tertiary/aromatic N) is 3. The van der Waals surface area contributed by atoms with Crippen LogP contribution in [0.5, 0.6) is 0 Å². The summed E-state index contributed by atoms with van der Waals surface area (Å²) in [4.78, 5) is 11.3. The molecule has 1 heterocycles. The summed E-state index contributed by atoms with van der Waals surface area (Å²) in [5, 5.41) is 2.44. The molecule has 0 aromatic carbocycles. The first-order chi connectivity index (χ1) is 6.24. The maximum absolute atomic E-state index is 5.77. The first kappa shape index (κ1) is 9.82. The molecule has 0 radical (unpaired) electrons. The summed E-state index contributed by atoms with van der Waals surface area (Å²) in [6, 6.07) is 2.41. The van der Waals surface area contributed by atoms with E-state index in [1.54, 1.807) is 6.92 Å². The molecule has 64 valence electrons. The van der Waals surface area contributed by atoms with Crippen molar-refractivity contribution in [1.82, 2.24) is 9.97 Å². The van der Waals surface area contributed by atoms with Gasteiger partial charge in [-0.1, -0.05) is 11.6 Å². The minimum atomic E-state index is 0.319. The fourth-order valence-electron chi connectivity index (χ4n) is 0.637. The van der Waals surface area contributed by atoms with Crippen LogP contribution in [0.3, 0.4) is 0 Å². The second-order valence-corrected chi connectivity index (χ2v) is 2.60. The summed E-state index contributed by atoms with van der Waals surface area (Å²) in [6.45, 7) is 1.75. The number of rotatable bonds is 0. The van der Waals surface area contributed by atoms with Crippen molar-refractivity contribution >= 4 is 29.0 Å². The van der Waals surface area contributed by atoms with E-state index in [1.165, 1.54) is 6.20 Å². The van der Waals surface area contributed by atoms with Gasteiger partial charge in [-0.05, 0) is 25.1 Å². The summed E-state index contributed by atoms with van der Waals surface area (Å²) in [5.41, 5.74) is 0.529. The Balaban J connectivity index is 3.04. The van der Waals surface area contributed by atoms with Crippen LogP contribution < -0.4 is 0 Å².